The molecule has 4 N–H and O–H groups in total. The maximum absolute atomic E-state index is 12.0. The first-order chi connectivity index (χ1) is 9.36. The highest BCUT2D eigenvalue weighted by atomic mass is 16.5. The van der Waals surface area contributed by atoms with E-state index >= 15 is 0 Å². The van der Waals surface area contributed by atoms with Gasteiger partial charge in [-0.25, -0.2) is 9.59 Å². The number of carbonyl (C=O) groups excluding carboxylic acids is 3. The Morgan fingerprint density at radius 2 is 1.95 bits per heavy atom. The Morgan fingerprint density at radius 1 is 1.30 bits per heavy atom. The van der Waals surface area contributed by atoms with E-state index in [1.165, 1.54) is 14.0 Å². The number of hydrogen-bond donors (Lipinski definition) is 3. The van der Waals surface area contributed by atoms with Crippen LogP contribution in [0.4, 0.5) is 10.5 Å². The second-order valence-corrected chi connectivity index (χ2v) is 4.16. The van der Waals surface area contributed by atoms with Crippen molar-refractivity contribution in [2.45, 2.75) is 20.0 Å². The Hall–Kier alpha value is -2.57. The fraction of sp³-hybridized carbons (Fsp3) is 0.308. The Morgan fingerprint density at radius 3 is 2.50 bits per heavy atom. The van der Waals surface area contributed by atoms with Gasteiger partial charge in [-0.3, -0.25) is 10.1 Å². The molecular weight excluding hydrogens is 262 g/mol. The molecule has 108 valence electrons. The monoisotopic (exact) mass is 279 g/mol. The molecule has 0 saturated carbocycles. The highest BCUT2D eigenvalue weighted by Gasteiger charge is 2.22. The third-order valence-corrected chi connectivity index (χ3v) is 2.63. The minimum absolute atomic E-state index is 0.215. The number of rotatable bonds is 3. The van der Waals surface area contributed by atoms with Gasteiger partial charge < -0.3 is 15.8 Å². The van der Waals surface area contributed by atoms with Gasteiger partial charge in [-0.15, -0.1) is 0 Å². The molecule has 0 spiro atoms. The second-order valence-electron chi connectivity index (χ2n) is 4.16. The van der Waals surface area contributed by atoms with Crippen molar-refractivity contribution < 1.29 is 19.1 Å². The number of imide groups is 1. The van der Waals surface area contributed by atoms with Crippen LogP contribution in [0.1, 0.15) is 22.8 Å². The van der Waals surface area contributed by atoms with Crippen molar-refractivity contribution in [3.63, 3.8) is 0 Å². The summed E-state index contributed by atoms with van der Waals surface area (Å²) in [5.74, 6) is -1.43. The lowest BCUT2D eigenvalue weighted by atomic mass is 10.1. The van der Waals surface area contributed by atoms with Gasteiger partial charge in [0.15, 0.2) is 6.10 Å². The predicted octanol–water partition coefficient (Wildman–Crippen LogP) is 0.578. The summed E-state index contributed by atoms with van der Waals surface area (Å²) in [5, 5.41) is 4.24. The van der Waals surface area contributed by atoms with Crippen LogP contribution in [0.15, 0.2) is 18.2 Å². The number of esters is 1. The van der Waals surface area contributed by atoms with Crippen LogP contribution in [0.2, 0.25) is 0 Å². The lowest BCUT2D eigenvalue weighted by molar-refractivity contribution is -0.127. The third-order valence-electron chi connectivity index (χ3n) is 2.63. The van der Waals surface area contributed by atoms with E-state index in [0.29, 0.717) is 5.56 Å². The van der Waals surface area contributed by atoms with Gasteiger partial charge in [-0.1, -0.05) is 12.1 Å². The summed E-state index contributed by atoms with van der Waals surface area (Å²) >= 11 is 0. The number of aryl methyl sites for hydroxylation is 1. The van der Waals surface area contributed by atoms with Crippen molar-refractivity contribution in [1.29, 1.82) is 0 Å². The van der Waals surface area contributed by atoms with Crippen molar-refractivity contribution >= 4 is 23.6 Å². The van der Waals surface area contributed by atoms with E-state index in [1.54, 1.807) is 25.1 Å². The molecule has 1 rings (SSSR count). The standard InChI is InChI=1S/C13H17N3O4/c1-7-5-4-6-9(14)10(7)12(18)20-8(2)11(17)16-13(19)15-3/h4-6,8H,14H2,1-3H3,(H2,15,16,17,19). The third kappa shape index (κ3) is 3.71. The van der Waals surface area contributed by atoms with E-state index in [-0.39, 0.29) is 11.3 Å². The second kappa shape index (κ2) is 6.55. The lowest BCUT2D eigenvalue weighted by Crippen LogP contribution is -2.43. The van der Waals surface area contributed by atoms with Gasteiger partial charge in [0.2, 0.25) is 0 Å². The van der Waals surface area contributed by atoms with Gasteiger partial charge in [0.05, 0.1) is 5.56 Å². The fourth-order valence-corrected chi connectivity index (χ4v) is 1.52. The molecule has 7 nitrogen and oxygen atoms in total. The van der Waals surface area contributed by atoms with Crippen molar-refractivity contribution in [1.82, 2.24) is 10.6 Å². The molecule has 0 heterocycles. The molecule has 20 heavy (non-hydrogen) atoms. The molecule has 0 radical (unpaired) electrons. The number of amides is 3. The number of anilines is 1. The Bertz CT molecular complexity index is 522. The van der Waals surface area contributed by atoms with Crippen LogP contribution in [0.5, 0.6) is 0 Å². The molecule has 0 aliphatic rings. The normalized spacial score (nSPS) is 11.3. The van der Waals surface area contributed by atoms with E-state index < -0.39 is 24.0 Å². The summed E-state index contributed by atoms with van der Waals surface area (Å²) in [5.41, 5.74) is 6.85. The molecule has 1 unspecified atom stereocenters. The van der Waals surface area contributed by atoms with E-state index in [9.17, 15) is 14.4 Å². The molecular formula is C13H17N3O4. The highest BCUT2D eigenvalue weighted by Crippen LogP contribution is 2.18. The maximum Gasteiger partial charge on any atom is 0.341 e. The zero-order valence-corrected chi connectivity index (χ0v) is 11.5. The number of urea groups is 1. The fourth-order valence-electron chi connectivity index (χ4n) is 1.52. The van der Waals surface area contributed by atoms with Crippen LogP contribution >= 0.6 is 0 Å². The quantitative estimate of drug-likeness (QED) is 0.553. The number of benzene rings is 1. The topological polar surface area (TPSA) is 111 Å². The first kappa shape index (κ1) is 15.5. The summed E-state index contributed by atoms with van der Waals surface area (Å²) in [7, 11) is 1.37. The van der Waals surface area contributed by atoms with E-state index in [1.807, 2.05) is 5.32 Å². The van der Waals surface area contributed by atoms with Gasteiger partial charge >= 0.3 is 12.0 Å². The zero-order valence-electron chi connectivity index (χ0n) is 11.5. The number of nitrogens with one attached hydrogen (secondary N) is 2. The van der Waals surface area contributed by atoms with Crippen LogP contribution < -0.4 is 16.4 Å². The molecule has 0 aromatic heterocycles. The van der Waals surface area contributed by atoms with Gasteiger partial charge in [0.25, 0.3) is 5.91 Å². The Kier molecular flexibility index (Phi) is 5.08. The van der Waals surface area contributed by atoms with Crippen LogP contribution in [-0.2, 0) is 9.53 Å². The van der Waals surface area contributed by atoms with Crippen molar-refractivity contribution in [3.05, 3.63) is 29.3 Å². The molecule has 0 aliphatic heterocycles. The SMILES string of the molecule is CNC(=O)NC(=O)C(C)OC(=O)c1c(C)cccc1N. The largest absolute Gasteiger partial charge is 0.449 e. The molecule has 1 atom stereocenters. The molecule has 0 fully saturated rings. The van der Waals surface area contributed by atoms with Crippen LogP contribution in [0, 0.1) is 6.92 Å². The summed E-state index contributed by atoms with van der Waals surface area (Å²) < 4.78 is 4.99. The zero-order chi connectivity index (χ0) is 15.3. The molecule has 0 saturated heterocycles. The summed E-state index contributed by atoms with van der Waals surface area (Å²) in [6.45, 7) is 3.08. The molecule has 0 bridgehead atoms. The van der Waals surface area contributed by atoms with E-state index in [4.69, 9.17) is 10.5 Å². The minimum atomic E-state index is -1.11. The highest BCUT2D eigenvalue weighted by molar-refractivity contribution is 6.00. The first-order valence-electron chi connectivity index (χ1n) is 5.95. The summed E-state index contributed by atoms with van der Waals surface area (Å²) in [6.07, 6.45) is -1.11. The molecule has 0 aliphatic carbocycles. The average Bonchev–Trinajstić information content (AvgIpc) is 2.38. The van der Waals surface area contributed by atoms with Crippen molar-refractivity contribution in [2.24, 2.45) is 0 Å². The predicted molar refractivity (Wildman–Crippen MR) is 73.1 cm³/mol. The number of carbonyl (C=O) groups is 3. The van der Waals surface area contributed by atoms with E-state index in [2.05, 4.69) is 5.32 Å². The van der Waals surface area contributed by atoms with Gasteiger partial charge in [-0.05, 0) is 25.5 Å². The van der Waals surface area contributed by atoms with Gasteiger partial charge in [-0.2, -0.15) is 0 Å². The Balaban J connectivity index is 2.75. The minimum Gasteiger partial charge on any atom is -0.449 e. The number of ether oxygens (including phenoxy) is 1. The Labute approximate surface area is 116 Å². The van der Waals surface area contributed by atoms with Gasteiger partial charge in [0, 0.05) is 12.7 Å². The van der Waals surface area contributed by atoms with E-state index in [0.717, 1.165) is 0 Å². The first-order valence-corrected chi connectivity index (χ1v) is 5.95. The molecule has 1 aromatic rings. The number of nitrogen functional groups attached to an aromatic ring is 1. The molecule has 7 heteroatoms. The summed E-state index contributed by atoms with van der Waals surface area (Å²) in [6, 6.07) is 4.32. The lowest BCUT2D eigenvalue weighted by Gasteiger charge is -2.14. The van der Waals surface area contributed by atoms with Gasteiger partial charge in [0.1, 0.15) is 0 Å². The van der Waals surface area contributed by atoms with Crippen molar-refractivity contribution in [3.8, 4) is 0 Å². The maximum atomic E-state index is 12.0. The smallest absolute Gasteiger partial charge is 0.341 e. The van der Waals surface area contributed by atoms with Crippen molar-refractivity contribution in [2.75, 3.05) is 12.8 Å². The number of nitrogens with two attached hydrogens (primary N) is 1. The molecule has 1 aromatic carbocycles. The number of hydrogen-bond acceptors (Lipinski definition) is 5. The molecule has 3 amide bonds. The average molecular weight is 279 g/mol. The summed E-state index contributed by atoms with van der Waals surface area (Å²) in [4.78, 5) is 34.5. The van der Waals surface area contributed by atoms with Crippen LogP contribution in [0.3, 0.4) is 0 Å². The van der Waals surface area contributed by atoms with Crippen LogP contribution in [0.25, 0.3) is 0 Å². The van der Waals surface area contributed by atoms with Crippen LogP contribution in [-0.4, -0.2) is 31.1 Å².